The highest BCUT2D eigenvalue weighted by Crippen LogP contribution is 2.27. The van der Waals surface area contributed by atoms with Gasteiger partial charge in [0.05, 0.1) is 19.1 Å². The van der Waals surface area contributed by atoms with Gasteiger partial charge < -0.3 is 15.0 Å². The third-order valence-corrected chi connectivity index (χ3v) is 6.56. The van der Waals surface area contributed by atoms with Gasteiger partial charge in [0, 0.05) is 37.3 Å². The van der Waals surface area contributed by atoms with Gasteiger partial charge in [0.2, 0.25) is 21.8 Å². The Kier molecular flexibility index (Phi) is 7.40. The van der Waals surface area contributed by atoms with Gasteiger partial charge in [-0.05, 0) is 67.8 Å². The molecule has 0 aromatic heterocycles. The van der Waals surface area contributed by atoms with Crippen molar-refractivity contribution in [2.45, 2.75) is 32.6 Å². The van der Waals surface area contributed by atoms with Gasteiger partial charge in [-0.25, -0.2) is 8.42 Å². The molecule has 3 rings (SSSR count). The summed E-state index contributed by atoms with van der Waals surface area (Å²) in [6.07, 6.45) is 3.11. The van der Waals surface area contributed by atoms with Crippen LogP contribution >= 0.6 is 0 Å². The molecule has 2 amide bonds. The molecule has 32 heavy (non-hydrogen) atoms. The maximum atomic E-state index is 12.4. The molecule has 0 atom stereocenters. The summed E-state index contributed by atoms with van der Waals surface area (Å²) < 4.78 is 30.8. The lowest BCUT2D eigenvalue weighted by Crippen LogP contribution is -2.31. The number of sulfonamides is 1. The number of benzene rings is 2. The zero-order valence-electron chi connectivity index (χ0n) is 18.6. The second kappa shape index (κ2) is 10.0. The average Bonchev–Trinajstić information content (AvgIpc) is 3.16. The minimum absolute atomic E-state index is 0.122. The number of rotatable bonds is 9. The predicted molar refractivity (Wildman–Crippen MR) is 126 cm³/mol. The second-order valence-electron chi connectivity index (χ2n) is 7.84. The zero-order chi connectivity index (χ0) is 23.3. The molecule has 1 aliphatic rings. The first-order valence-electron chi connectivity index (χ1n) is 10.5. The van der Waals surface area contributed by atoms with Crippen LogP contribution in [0.4, 0.5) is 17.1 Å². The lowest BCUT2D eigenvalue weighted by atomic mass is 10.1. The highest BCUT2D eigenvalue weighted by atomic mass is 32.2. The Balaban J connectivity index is 1.57. The number of ether oxygens (including phenoxy) is 1. The summed E-state index contributed by atoms with van der Waals surface area (Å²) in [6, 6.07) is 12.2. The van der Waals surface area contributed by atoms with Crippen LogP contribution in [0.5, 0.6) is 5.75 Å². The molecule has 0 spiro atoms. The van der Waals surface area contributed by atoms with Gasteiger partial charge >= 0.3 is 0 Å². The van der Waals surface area contributed by atoms with E-state index in [9.17, 15) is 18.0 Å². The first kappa shape index (κ1) is 23.6. The van der Waals surface area contributed by atoms with Crippen LogP contribution in [0.1, 0.15) is 31.2 Å². The molecule has 0 bridgehead atoms. The minimum Gasteiger partial charge on any atom is -0.497 e. The Morgan fingerprint density at radius 3 is 2.47 bits per heavy atom. The Bertz CT molecular complexity index is 1080. The number of methoxy groups -OCH3 is 1. The van der Waals surface area contributed by atoms with Crippen molar-refractivity contribution < 1.29 is 22.7 Å². The van der Waals surface area contributed by atoms with Crippen LogP contribution < -0.4 is 19.3 Å². The van der Waals surface area contributed by atoms with Gasteiger partial charge in [0.25, 0.3) is 0 Å². The van der Waals surface area contributed by atoms with Crippen LogP contribution in [0.2, 0.25) is 0 Å². The largest absolute Gasteiger partial charge is 0.497 e. The second-order valence-corrected chi connectivity index (χ2v) is 9.74. The van der Waals surface area contributed by atoms with Gasteiger partial charge in [0.15, 0.2) is 0 Å². The summed E-state index contributed by atoms with van der Waals surface area (Å²) in [4.78, 5) is 26.2. The molecule has 0 unspecified atom stereocenters. The van der Waals surface area contributed by atoms with Crippen LogP contribution in [0.25, 0.3) is 0 Å². The number of amides is 2. The van der Waals surface area contributed by atoms with E-state index in [0.29, 0.717) is 30.0 Å². The van der Waals surface area contributed by atoms with E-state index in [1.165, 1.54) is 4.31 Å². The lowest BCUT2D eigenvalue weighted by Gasteiger charge is -2.22. The number of carbonyl (C=O) groups is 2. The number of aryl methyl sites for hydroxylation is 1. The molecule has 0 aliphatic carbocycles. The highest BCUT2D eigenvalue weighted by molar-refractivity contribution is 7.92. The summed E-state index contributed by atoms with van der Waals surface area (Å²) in [5, 5.41) is 2.85. The molecular weight excluding hydrogens is 430 g/mol. The maximum Gasteiger partial charge on any atom is 0.232 e. The van der Waals surface area contributed by atoms with E-state index < -0.39 is 10.0 Å². The number of anilines is 3. The fourth-order valence-electron chi connectivity index (χ4n) is 3.78. The molecule has 2 aromatic carbocycles. The van der Waals surface area contributed by atoms with E-state index in [-0.39, 0.29) is 24.8 Å². The fraction of sp³-hybridized carbons (Fsp3) is 0.391. The van der Waals surface area contributed by atoms with Crippen molar-refractivity contribution in [3.63, 3.8) is 0 Å². The third kappa shape index (κ3) is 5.79. The normalized spacial score (nSPS) is 13.8. The number of nitrogens with one attached hydrogen (secondary N) is 1. The summed E-state index contributed by atoms with van der Waals surface area (Å²) in [7, 11) is -1.94. The van der Waals surface area contributed by atoms with Gasteiger partial charge in [0.1, 0.15) is 5.75 Å². The summed E-state index contributed by atoms with van der Waals surface area (Å²) in [6.45, 7) is 2.82. The Morgan fingerprint density at radius 1 is 1.19 bits per heavy atom. The average molecular weight is 460 g/mol. The van der Waals surface area contributed by atoms with E-state index in [2.05, 4.69) is 5.32 Å². The molecule has 1 heterocycles. The van der Waals surface area contributed by atoms with E-state index in [1.54, 1.807) is 42.3 Å². The fourth-order valence-corrected chi connectivity index (χ4v) is 4.75. The maximum absolute atomic E-state index is 12.4. The highest BCUT2D eigenvalue weighted by Gasteiger charge is 2.23. The first-order chi connectivity index (χ1) is 15.2. The molecule has 1 saturated heterocycles. The van der Waals surface area contributed by atoms with Crippen molar-refractivity contribution in [1.82, 2.24) is 0 Å². The van der Waals surface area contributed by atoms with Crippen LogP contribution in [-0.4, -0.2) is 46.7 Å². The van der Waals surface area contributed by atoms with Crippen molar-refractivity contribution in [3.8, 4) is 5.75 Å². The standard InChI is InChI=1S/C23H29N3O5S/c1-17-16-18(8-13-21(17)25-14-5-7-23(25)28)24-22(27)6-4-15-26(32(3,29)30)19-9-11-20(31-2)12-10-19/h8-13,16H,4-7,14-15H2,1-3H3,(H,24,27). The molecule has 2 aromatic rings. The minimum atomic E-state index is -3.49. The zero-order valence-corrected chi connectivity index (χ0v) is 19.4. The van der Waals surface area contributed by atoms with Crippen LogP contribution in [-0.2, 0) is 19.6 Å². The summed E-state index contributed by atoms with van der Waals surface area (Å²) in [5.74, 6) is 0.562. The first-order valence-corrected chi connectivity index (χ1v) is 12.4. The monoisotopic (exact) mass is 459 g/mol. The molecular formula is C23H29N3O5S. The van der Waals surface area contributed by atoms with Crippen molar-refractivity contribution in [3.05, 3.63) is 48.0 Å². The molecule has 8 nitrogen and oxygen atoms in total. The quantitative estimate of drug-likeness (QED) is 0.621. The third-order valence-electron chi connectivity index (χ3n) is 5.37. The van der Waals surface area contributed by atoms with Crippen molar-refractivity contribution in [1.29, 1.82) is 0 Å². The van der Waals surface area contributed by atoms with Crippen molar-refractivity contribution in [2.24, 2.45) is 0 Å². The number of hydrogen-bond donors (Lipinski definition) is 1. The topological polar surface area (TPSA) is 96.0 Å². The number of hydrogen-bond acceptors (Lipinski definition) is 5. The predicted octanol–water partition coefficient (Wildman–Crippen LogP) is 3.32. The molecule has 0 saturated carbocycles. The SMILES string of the molecule is COc1ccc(N(CCCC(=O)Nc2ccc(N3CCCC3=O)c(C)c2)S(C)(=O)=O)cc1. The van der Waals surface area contributed by atoms with Gasteiger partial charge in [-0.15, -0.1) is 0 Å². The van der Waals surface area contributed by atoms with Gasteiger partial charge in [-0.3, -0.25) is 13.9 Å². The molecule has 172 valence electrons. The number of carbonyl (C=O) groups excluding carboxylic acids is 2. The van der Waals surface area contributed by atoms with E-state index >= 15 is 0 Å². The van der Waals surface area contributed by atoms with Gasteiger partial charge in [-0.2, -0.15) is 0 Å². The summed E-state index contributed by atoms with van der Waals surface area (Å²) >= 11 is 0. The van der Waals surface area contributed by atoms with Crippen molar-refractivity contribution in [2.75, 3.05) is 41.0 Å². The molecule has 1 aliphatic heterocycles. The summed E-state index contributed by atoms with van der Waals surface area (Å²) in [5.41, 5.74) is 2.96. The molecule has 1 fully saturated rings. The Labute approximate surface area is 189 Å². The van der Waals surface area contributed by atoms with E-state index in [0.717, 1.165) is 30.5 Å². The van der Waals surface area contributed by atoms with Gasteiger partial charge in [-0.1, -0.05) is 0 Å². The Hall–Kier alpha value is -3.07. The molecule has 0 radical (unpaired) electrons. The van der Waals surface area contributed by atoms with Crippen LogP contribution in [0.3, 0.4) is 0 Å². The van der Waals surface area contributed by atoms with E-state index in [4.69, 9.17) is 4.74 Å². The van der Waals surface area contributed by atoms with Crippen LogP contribution in [0, 0.1) is 6.92 Å². The van der Waals surface area contributed by atoms with E-state index in [1.807, 2.05) is 19.1 Å². The van der Waals surface area contributed by atoms with Crippen molar-refractivity contribution >= 4 is 38.9 Å². The number of nitrogens with zero attached hydrogens (tertiary/aromatic N) is 2. The van der Waals surface area contributed by atoms with Crippen LogP contribution in [0.15, 0.2) is 42.5 Å². The molecule has 9 heteroatoms. The Morgan fingerprint density at radius 2 is 1.91 bits per heavy atom. The molecule has 1 N–H and O–H groups in total. The smallest absolute Gasteiger partial charge is 0.232 e. The lowest BCUT2D eigenvalue weighted by molar-refractivity contribution is -0.117.